The topological polar surface area (TPSA) is 104 Å². The van der Waals surface area contributed by atoms with Gasteiger partial charge in [0.2, 0.25) is 0 Å². The molecule has 2 aromatic rings. The van der Waals surface area contributed by atoms with Crippen LogP contribution in [0.25, 0.3) is 11.7 Å². The second-order valence-corrected chi connectivity index (χ2v) is 8.99. The molecule has 0 bridgehead atoms. The molecule has 3 heterocycles. The number of aryl methyl sites for hydroxylation is 1. The Balaban J connectivity index is 2.08. The fourth-order valence-corrected chi connectivity index (χ4v) is 4.20. The van der Waals surface area contributed by atoms with Gasteiger partial charge < -0.3 is 10.4 Å². The number of amides is 1. The van der Waals surface area contributed by atoms with Crippen LogP contribution in [0.5, 0.6) is 0 Å². The summed E-state index contributed by atoms with van der Waals surface area (Å²) < 4.78 is 1.72. The SMILES string of the molecule is Cc1cccn2c(=O)c(/C=C3/SC(=S)N(CCC(=O)O)C3=O)c(NCC(C)C)nc12. The van der Waals surface area contributed by atoms with E-state index in [1.165, 1.54) is 15.4 Å². The second kappa shape index (κ2) is 8.97. The molecule has 1 aliphatic heterocycles. The summed E-state index contributed by atoms with van der Waals surface area (Å²) in [4.78, 5) is 43.0. The van der Waals surface area contributed by atoms with Crippen molar-refractivity contribution in [3.63, 3.8) is 0 Å². The Hall–Kier alpha value is -2.72. The smallest absolute Gasteiger partial charge is 0.305 e. The molecule has 0 aromatic carbocycles. The number of aromatic nitrogens is 2. The quantitative estimate of drug-likeness (QED) is 0.494. The van der Waals surface area contributed by atoms with Crippen molar-refractivity contribution in [1.29, 1.82) is 0 Å². The largest absolute Gasteiger partial charge is 0.481 e. The number of thioether (sulfide) groups is 1. The lowest BCUT2D eigenvalue weighted by atomic mass is 10.2. The van der Waals surface area contributed by atoms with Gasteiger partial charge in [-0.05, 0) is 30.5 Å². The van der Waals surface area contributed by atoms with Crippen LogP contribution < -0.4 is 10.9 Å². The van der Waals surface area contributed by atoms with Crippen LogP contribution in [0.4, 0.5) is 5.82 Å². The van der Waals surface area contributed by atoms with Crippen molar-refractivity contribution in [2.45, 2.75) is 27.2 Å². The van der Waals surface area contributed by atoms with Crippen LogP contribution in [0.2, 0.25) is 0 Å². The molecular formula is C20H22N4O4S2. The second-order valence-electron chi connectivity index (χ2n) is 7.32. The van der Waals surface area contributed by atoms with Gasteiger partial charge >= 0.3 is 5.97 Å². The molecule has 30 heavy (non-hydrogen) atoms. The van der Waals surface area contributed by atoms with Crippen LogP contribution in [0.1, 0.15) is 31.4 Å². The van der Waals surface area contributed by atoms with Crippen LogP contribution in [0.3, 0.4) is 0 Å². The van der Waals surface area contributed by atoms with Crippen LogP contribution in [0, 0.1) is 12.8 Å². The average molecular weight is 447 g/mol. The van der Waals surface area contributed by atoms with E-state index in [-0.39, 0.29) is 33.3 Å². The Labute approximate surface area is 183 Å². The molecule has 3 rings (SSSR count). The number of hydrogen-bond acceptors (Lipinski definition) is 7. The van der Waals surface area contributed by atoms with E-state index in [0.717, 1.165) is 17.3 Å². The molecule has 1 aliphatic rings. The minimum Gasteiger partial charge on any atom is -0.481 e. The lowest BCUT2D eigenvalue weighted by Crippen LogP contribution is -2.30. The fourth-order valence-electron chi connectivity index (χ4n) is 2.91. The van der Waals surface area contributed by atoms with Crippen molar-refractivity contribution in [3.8, 4) is 0 Å². The zero-order valence-electron chi connectivity index (χ0n) is 16.8. The molecule has 8 nitrogen and oxygen atoms in total. The van der Waals surface area contributed by atoms with Crippen molar-refractivity contribution in [2.24, 2.45) is 5.92 Å². The van der Waals surface area contributed by atoms with E-state index in [1.807, 2.05) is 26.8 Å². The van der Waals surface area contributed by atoms with Crippen molar-refractivity contribution >= 4 is 57.7 Å². The summed E-state index contributed by atoms with van der Waals surface area (Å²) in [6.45, 7) is 6.55. The number of anilines is 1. The lowest BCUT2D eigenvalue weighted by molar-refractivity contribution is -0.137. The standard InChI is InChI=1S/C20H22N4O4S2/c1-11(2)10-21-16-13(18(27)23-7-4-5-12(3)17(23)22-16)9-14-19(28)24(20(29)30-14)8-6-15(25)26/h4-5,7,9,11,21H,6,8,10H2,1-3H3,(H,25,26)/b14-9+. The Kier molecular flexibility index (Phi) is 6.57. The first-order chi connectivity index (χ1) is 14.2. The van der Waals surface area contributed by atoms with Gasteiger partial charge in [0, 0.05) is 19.3 Å². The third-order valence-electron chi connectivity index (χ3n) is 4.46. The van der Waals surface area contributed by atoms with Crippen LogP contribution >= 0.6 is 24.0 Å². The minimum atomic E-state index is -1.01. The molecule has 1 saturated heterocycles. The Morgan fingerprint density at radius 1 is 1.40 bits per heavy atom. The molecule has 0 spiro atoms. The van der Waals surface area contributed by atoms with Crippen molar-refractivity contribution < 1.29 is 14.7 Å². The number of pyridine rings is 1. The Morgan fingerprint density at radius 3 is 2.80 bits per heavy atom. The molecular weight excluding hydrogens is 424 g/mol. The molecule has 2 aromatic heterocycles. The van der Waals surface area contributed by atoms with Crippen LogP contribution in [-0.2, 0) is 9.59 Å². The summed E-state index contributed by atoms with van der Waals surface area (Å²) in [6.07, 6.45) is 2.92. The maximum Gasteiger partial charge on any atom is 0.305 e. The van der Waals surface area contributed by atoms with Gasteiger partial charge in [0.25, 0.3) is 11.5 Å². The van der Waals surface area contributed by atoms with Gasteiger partial charge in [-0.3, -0.25) is 23.7 Å². The van der Waals surface area contributed by atoms with Gasteiger partial charge in [0.05, 0.1) is 16.9 Å². The van der Waals surface area contributed by atoms with Crippen molar-refractivity contribution in [3.05, 3.63) is 44.7 Å². The molecule has 10 heteroatoms. The maximum atomic E-state index is 13.2. The summed E-state index contributed by atoms with van der Waals surface area (Å²) in [6, 6.07) is 3.64. The van der Waals surface area contributed by atoms with Gasteiger partial charge in [0.1, 0.15) is 15.8 Å². The van der Waals surface area contributed by atoms with Crippen molar-refractivity contribution in [1.82, 2.24) is 14.3 Å². The first-order valence-electron chi connectivity index (χ1n) is 9.42. The highest BCUT2D eigenvalue weighted by molar-refractivity contribution is 8.26. The minimum absolute atomic E-state index is 0.00998. The number of hydrogen-bond donors (Lipinski definition) is 2. The number of rotatable bonds is 7. The van der Waals surface area contributed by atoms with Crippen molar-refractivity contribution in [2.75, 3.05) is 18.4 Å². The summed E-state index contributed by atoms with van der Waals surface area (Å²) in [5.41, 5.74) is 1.36. The zero-order chi connectivity index (χ0) is 22.0. The summed E-state index contributed by atoms with van der Waals surface area (Å²) in [7, 11) is 0. The van der Waals surface area contributed by atoms with E-state index in [4.69, 9.17) is 17.3 Å². The number of fused-ring (bicyclic) bond motifs is 1. The van der Waals surface area contributed by atoms with Gasteiger partial charge in [-0.25, -0.2) is 4.98 Å². The van der Waals surface area contributed by atoms with Gasteiger partial charge in [-0.15, -0.1) is 0 Å². The number of nitrogens with one attached hydrogen (secondary N) is 1. The van der Waals surface area contributed by atoms with Crippen LogP contribution in [-0.4, -0.2) is 48.7 Å². The van der Waals surface area contributed by atoms with E-state index in [1.54, 1.807) is 12.3 Å². The van der Waals surface area contributed by atoms with Gasteiger partial charge in [-0.2, -0.15) is 0 Å². The molecule has 0 saturated carbocycles. The predicted molar refractivity (Wildman–Crippen MR) is 122 cm³/mol. The van der Waals surface area contributed by atoms with E-state index in [0.29, 0.717) is 23.9 Å². The van der Waals surface area contributed by atoms with E-state index >= 15 is 0 Å². The molecule has 2 N–H and O–H groups in total. The molecule has 0 radical (unpaired) electrons. The normalized spacial score (nSPS) is 15.6. The average Bonchev–Trinajstić information content (AvgIpc) is 2.94. The first kappa shape index (κ1) is 22.0. The number of carbonyl (C=O) groups is 2. The fraction of sp³-hybridized carbons (Fsp3) is 0.350. The highest BCUT2D eigenvalue weighted by Crippen LogP contribution is 2.33. The number of nitrogens with zero attached hydrogens (tertiary/aromatic N) is 3. The van der Waals surface area contributed by atoms with Gasteiger partial charge in [-0.1, -0.05) is 43.9 Å². The van der Waals surface area contributed by atoms with Gasteiger partial charge in [0.15, 0.2) is 0 Å². The third-order valence-corrected chi connectivity index (χ3v) is 5.84. The van der Waals surface area contributed by atoms with Crippen LogP contribution in [0.15, 0.2) is 28.0 Å². The summed E-state index contributed by atoms with van der Waals surface area (Å²) in [5.74, 6) is -0.696. The zero-order valence-corrected chi connectivity index (χ0v) is 18.5. The highest BCUT2D eigenvalue weighted by atomic mass is 32.2. The third kappa shape index (κ3) is 4.54. The molecule has 158 valence electrons. The number of carboxylic acids is 1. The monoisotopic (exact) mass is 446 g/mol. The Bertz CT molecular complexity index is 1120. The van der Waals surface area contributed by atoms with E-state index in [9.17, 15) is 14.4 Å². The molecule has 1 amide bonds. The maximum absolute atomic E-state index is 13.2. The highest BCUT2D eigenvalue weighted by Gasteiger charge is 2.32. The summed E-state index contributed by atoms with van der Waals surface area (Å²) in [5, 5.41) is 12.1. The van der Waals surface area contributed by atoms with E-state index in [2.05, 4.69) is 10.3 Å². The molecule has 0 aliphatic carbocycles. The lowest BCUT2D eigenvalue weighted by Gasteiger charge is -2.14. The predicted octanol–water partition coefficient (Wildman–Crippen LogP) is 2.75. The summed E-state index contributed by atoms with van der Waals surface area (Å²) >= 11 is 6.28. The number of aliphatic carboxylic acids is 1. The number of carboxylic acid groups (broad SMARTS) is 1. The molecule has 0 atom stereocenters. The first-order valence-corrected chi connectivity index (χ1v) is 10.6. The molecule has 0 unspecified atom stereocenters. The molecule has 1 fully saturated rings. The Morgan fingerprint density at radius 2 is 2.13 bits per heavy atom. The van der Waals surface area contributed by atoms with E-state index < -0.39 is 11.9 Å². The number of thiocarbonyl (C=S) groups is 1. The number of carbonyl (C=O) groups excluding carboxylic acids is 1.